The lowest BCUT2D eigenvalue weighted by Crippen LogP contribution is -2.39. The first-order chi connectivity index (χ1) is 18.8. The molecule has 1 saturated heterocycles. The lowest BCUT2D eigenvalue weighted by atomic mass is 10.0. The molecule has 200 valence electrons. The highest BCUT2D eigenvalue weighted by atomic mass is 32.2. The molecule has 1 aliphatic heterocycles. The molecule has 39 heavy (non-hydrogen) atoms. The van der Waals surface area contributed by atoms with E-state index in [-0.39, 0.29) is 16.6 Å². The number of hydrogen-bond acceptors (Lipinski definition) is 4. The van der Waals surface area contributed by atoms with Gasteiger partial charge in [-0.3, -0.25) is 4.79 Å². The number of amides is 1. The average Bonchev–Trinajstić information content (AvgIpc) is 3.37. The predicted octanol–water partition coefficient (Wildman–Crippen LogP) is 5.75. The summed E-state index contributed by atoms with van der Waals surface area (Å²) in [6.45, 7) is 3.10. The van der Waals surface area contributed by atoms with Gasteiger partial charge in [0.1, 0.15) is 5.82 Å². The molecule has 0 aliphatic carbocycles. The minimum atomic E-state index is -3.57. The van der Waals surface area contributed by atoms with Crippen molar-refractivity contribution in [3.8, 4) is 16.9 Å². The van der Waals surface area contributed by atoms with Crippen LogP contribution in [0.15, 0.2) is 96.0 Å². The zero-order valence-corrected chi connectivity index (χ0v) is 22.3. The summed E-state index contributed by atoms with van der Waals surface area (Å²) in [6.07, 6.45) is 6.73. The molecule has 3 aromatic carbocycles. The van der Waals surface area contributed by atoms with Gasteiger partial charge in [-0.2, -0.15) is 9.40 Å². The van der Waals surface area contributed by atoms with Crippen LogP contribution in [0.1, 0.15) is 25.3 Å². The maximum absolute atomic E-state index is 13.5. The van der Waals surface area contributed by atoms with E-state index >= 15 is 0 Å². The van der Waals surface area contributed by atoms with Crippen LogP contribution < -0.4 is 5.32 Å². The van der Waals surface area contributed by atoms with Crippen molar-refractivity contribution >= 4 is 27.7 Å². The predicted molar refractivity (Wildman–Crippen MR) is 150 cm³/mol. The van der Waals surface area contributed by atoms with Gasteiger partial charge in [-0.15, -0.1) is 0 Å². The molecule has 2 heterocycles. The van der Waals surface area contributed by atoms with Crippen LogP contribution in [-0.4, -0.2) is 41.5 Å². The van der Waals surface area contributed by atoms with E-state index in [9.17, 15) is 17.6 Å². The largest absolute Gasteiger partial charge is 0.323 e. The van der Waals surface area contributed by atoms with Crippen molar-refractivity contribution in [1.82, 2.24) is 14.1 Å². The standard InChI is InChI=1S/C30H29FN4O3S/c1-22-6-5-19-34(20-22)39(37,38)28-16-14-26(15-17-28)32-29(36)18-11-24-21-35(27-7-3-2-4-8-27)33-30(24)23-9-12-25(31)13-10-23/h2-4,7-18,21-22H,5-6,19-20H2,1H3,(H,32,36)/b18-11+/t22-/m0/s1. The number of hydrogen-bond donors (Lipinski definition) is 1. The van der Waals surface area contributed by atoms with E-state index in [1.165, 1.54) is 34.6 Å². The van der Waals surface area contributed by atoms with Crippen LogP contribution >= 0.6 is 0 Å². The summed E-state index contributed by atoms with van der Waals surface area (Å²) in [5, 5.41) is 7.44. The van der Waals surface area contributed by atoms with Gasteiger partial charge in [0.2, 0.25) is 15.9 Å². The van der Waals surface area contributed by atoms with Gasteiger partial charge in [0.25, 0.3) is 0 Å². The molecule has 0 radical (unpaired) electrons. The number of rotatable bonds is 7. The van der Waals surface area contributed by atoms with Gasteiger partial charge in [-0.1, -0.05) is 25.1 Å². The molecule has 1 atom stereocenters. The highest BCUT2D eigenvalue weighted by Crippen LogP contribution is 2.26. The van der Waals surface area contributed by atoms with E-state index in [1.807, 2.05) is 30.3 Å². The molecule has 4 aromatic rings. The Morgan fingerprint density at radius 1 is 1.03 bits per heavy atom. The topological polar surface area (TPSA) is 84.3 Å². The Hall–Kier alpha value is -4.08. The molecule has 0 bridgehead atoms. The third kappa shape index (κ3) is 6.16. The molecule has 1 amide bonds. The van der Waals surface area contributed by atoms with Gasteiger partial charge < -0.3 is 5.32 Å². The van der Waals surface area contributed by atoms with Gasteiger partial charge >= 0.3 is 0 Å². The number of carbonyl (C=O) groups is 1. The van der Waals surface area contributed by atoms with Crippen molar-refractivity contribution < 1.29 is 17.6 Å². The number of nitrogens with one attached hydrogen (secondary N) is 1. The third-order valence-corrected chi connectivity index (χ3v) is 8.55. The quantitative estimate of drug-likeness (QED) is 0.300. The lowest BCUT2D eigenvalue weighted by Gasteiger charge is -2.30. The fraction of sp³-hybridized carbons (Fsp3) is 0.200. The van der Waals surface area contributed by atoms with E-state index in [4.69, 9.17) is 0 Å². The summed E-state index contributed by atoms with van der Waals surface area (Å²) in [7, 11) is -3.57. The lowest BCUT2D eigenvalue weighted by molar-refractivity contribution is -0.111. The highest BCUT2D eigenvalue weighted by Gasteiger charge is 2.28. The highest BCUT2D eigenvalue weighted by molar-refractivity contribution is 7.89. The molecule has 7 nitrogen and oxygen atoms in total. The third-order valence-electron chi connectivity index (χ3n) is 6.67. The van der Waals surface area contributed by atoms with Crippen molar-refractivity contribution in [2.45, 2.75) is 24.7 Å². The molecule has 5 rings (SSSR count). The second-order valence-electron chi connectivity index (χ2n) is 9.68. The Bertz CT molecular complexity index is 1580. The van der Waals surface area contributed by atoms with Crippen LogP contribution in [0.5, 0.6) is 0 Å². The number of halogens is 1. The number of para-hydroxylation sites is 1. The van der Waals surface area contributed by atoms with Gasteiger partial charge in [0.15, 0.2) is 0 Å². The Balaban J connectivity index is 1.32. The molecular weight excluding hydrogens is 515 g/mol. The summed E-state index contributed by atoms with van der Waals surface area (Å²) in [4.78, 5) is 12.9. The molecule has 0 saturated carbocycles. The van der Waals surface area contributed by atoms with Gasteiger partial charge in [-0.25, -0.2) is 17.5 Å². The first-order valence-electron chi connectivity index (χ1n) is 12.8. The fourth-order valence-corrected chi connectivity index (χ4v) is 6.23. The Morgan fingerprint density at radius 2 is 1.74 bits per heavy atom. The zero-order valence-electron chi connectivity index (χ0n) is 21.5. The van der Waals surface area contributed by atoms with Gasteiger partial charge in [-0.05, 0) is 85.5 Å². The molecule has 0 unspecified atom stereocenters. The zero-order chi connectivity index (χ0) is 27.4. The number of aromatic nitrogens is 2. The molecule has 1 aliphatic rings. The molecule has 0 spiro atoms. The van der Waals surface area contributed by atoms with Gasteiger partial charge in [0, 0.05) is 42.2 Å². The molecule has 1 N–H and O–H groups in total. The first kappa shape index (κ1) is 26.5. The number of carbonyl (C=O) groups excluding carboxylic acids is 1. The van der Waals surface area contributed by atoms with Crippen molar-refractivity contribution in [2.75, 3.05) is 18.4 Å². The van der Waals surface area contributed by atoms with Crippen LogP contribution in [-0.2, 0) is 14.8 Å². The second-order valence-corrected chi connectivity index (χ2v) is 11.6. The number of sulfonamides is 1. The number of piperidine rings is 1. The maximum atomic E-state index is 13.5. The number of benzene rings is 3. The molecule has 9 heteroatoms. The molecular formula is C30H29FN4O3S. The maximum Gasteiger partial charge on any atom is 0.248 e. The average molecular weight is 545 g/mol. The van der Waals surface area contributed by atoms with E-state index < -0.39 is 10.0 Å². The summed E-state index contributed by atoms with van der Waals surface area (Å²) in [5.74, 6) is -0.391. The van der Waals surface area contributed by atoms with Crippen molar-refractivity contribution in [3.05, 3.63) is 103 Å². The summed E-state index contributed by atoms with van der Waals surface area (Å²) >= 11 is 0. The number of nitrogens with zero attached hydrogens (tertiary/aromatic N) is 3. The van der Waals surface area contributed by atoms with Gasteiger partial charge in [0.05, 0.1) is 16.3 Å². The van der Waals surface area contributed by atoms with E-state index in [1.54, 1.807) is 41.2 Å². The summed E-state index contributed by atoms with van der Waals surface area (Å²) < 4.78 is 42.7. The SMILES string of the molecule is C[C@H]1CCCN(S(=O)(=O)c2ccc(NC(=O)/C=C/c3cn(-c4ccccc4)nc3-c3ccc(F)cc3)cc2)C1. The van der Waals surface area contributed by atoms with Crippen LogP contribution in [0, 0.1) is 11.7 Å². The Morgan fingerprint density at radius 3 is 2.44 bits per heavy atom. The van der Waals surface area contributed by atoms with Crippen molar-refractivity contribution in [2.24, 2.45) is 5.92 Å². The molecule has 1 fully saturated rings. The molecule has 1 aromatic heterocycles. The van der Waals surface area contributed by atoms with E-state index in [2.05, 4.69) is 17.3 Å². The summed E-state index contributed by atoms with van der Waals surface area (Å²) in [6, 6.07) is 21.8. The minimum Gasteiger partial charge on any atom is -0.323 e. The van der Waals surface area contributed by atoms with Crippen LogP contribution in [0.3, 0.4) is 0 Å². The Kier molecular flexibility index (Phi) is 7.72. The van der Waals surface area contributed by atoms with E-state index in [0.717, 1.165) is 18.5 Å². The monoisotopic (exact) mass is 544 g/mol. The van der Waals surface area contributed by atoms with Crippen molar-refractivity contribution in [1.29, 1.82) is 0 Å². The summed E-state index contributed by atoms with van der Waals surface area (Å²) in [5.41, 5.74) is 3.32. The number of anilines is 1. The van der Waals surface area contributed by atoms with Crippen molar-refractivity contribution in [3.63, 3.8) is 0 Å². The fourth-order valence-electron chi connectivity index (χ4n) is 4.63. The second kappa shape index (κ2) is 11.3. The minimum absolute atomic E-state index is 0.211. The first-order valence-corrected chi connectivity index (χ1v) is 14.2. The van der Waals surface area contributed by atoms with Crippen LogP contribution in [0.4, 0.5) is 10.1 Å². The smallest absolute Gasteiger partial charge is 0.248 e. The van der Waals surface area contributed by atoms with Crippen LogP contribution in [0.2, 0.25) is 0 Å². The van der Waals surface area contributed by atoms with E-state index in [0.29, 0.717) is 41.5 Å². The van der Waals surface area contributed by atoms with Crippen LogP contribution in [0.25, 0.3) is 23.0 Å². The normalized spacial score (nSPS) is 16.4. The Labute approximate surface area is 227 Å².